The van der Waals surface area contributed by atoms with Crippen molar-refractivity contribution in [2.45, 2.75) is 46.1 Å². The number of rotatable bonds is 6. The molecule has 0 fully saturated rings. The van der Waals surface area contributed by atoms with Crippen LogP contribution in [0.25, 0.3) is 11.4 Å². The molecule has 1 aliphatic carbocycles. The summed E-state index contributed by atoms with van der Waals surface area (Å²) >= 11 is 0. The molecule has 1 aromatic carbocycles. The third kappa shape index (κ3) is 4.53. The van der Waals surface area contributed by atoms with Crippen molar-refractivity contribution in [3.63, 3.8) is 0 Å². The lowest BCUT2D eigenvalue weighted by Gasteiger charge is -2.13. The van der Waals surface area contributed by atoms with E-state index in [2.05, 4.69) is 10.3 Å². The van der Waals surface area contributed by atoms with Gasteiger partial charge in [0.1, 0.15) is 11.5 Å². The molecule has 2 aromatic heterocycles. The molecule has 1 atom stereocenters. The van der Waals surface area contributed by atoms with Crippen molar-refractivity contribution in [2.75, 3.05) is 6.61 Å². The average molecular weight is 405 g/mol. The Bertz CT molecular complexity index is 1010. The van der Waals surface area contributed by atoms with E-state index in [-0.39, 0.29) is 11.8 Å². The fourth-order valence-electron chi connectivity index (χ4n) is 3.87. The molecule has 6 heteroatoms. The first-order valence-corrected chi connectivity index (χ1v) is 10.5. The molecule has 6 nitrogen and oxygen atoms in total. The van der Waals surface area contributed by atoms with Crippen LogP contribution in [0, 0.1) is 12.8 Å². The van der Waals surface area contributed by atoms with E-state index in [9.17, 15) is 4.79 Å². The molecule has 3 aromatic rings. The Labute approximate surface area is 176 Å². The van der Waals surface area contributed by atoms with Gasteiger partial charge in [-0.3, -0.25) is 4.79 Å². The van der Waals surface area contributed by atoms with Crippen LogP contribution in [0.1, 0.15) is 42.5 Å². The number of hydrogen-bond donors (Lipinski definition) is 1. The summed E-state index contributed by atoms with van der Waals surface area (Å²) in [5, 5.41) is 3.01. The van der Waals surface area contributed by atoms with Gasteiger partial charge < -0.3 is 14.5 Å². The average Bonchev–Trinajstić information content (AvgIpc) is 3.06. The number of benzene rings is 1. The maximum Gasteiger partial charge on any atom is 0.223 e. The Hall–Kier alpha value is -3.15. The number of nitrogens with zero attached hydrogens (tertiary/aromatic N) is 2. The van der Waals surface area contributed by atoms with Gasteiger partial charge in [-0.1, -0.05) is 30.3 Å². The Morgan fingerprint density at radius 1 is 1.13 bits per heavy atom. The second kappa shape index (κ2) is 9.11. The van der Waals surface area contributed by atoms with Crippen molar-refractivity contribution in [3.8, 4) is 17.3 Å². The van der Waals surface area contributed by atoms with Crippen LogP contribution < -0.4 is 10.1 Å². The van der Waals surface area contributed by atoms with E-state index in [1.807, 2.05) is 56.3 Å². The number of aromatic nitrogens is 2. The summed E-state index contributed by atoms with van der Waals surface area (Å²) in [6, 6.07) is 13.7. The molecule has 0 saturated carbocycles. The first-order chi connectivity index (χ1) is 14.6. The number of fused-ring (bicyclic) bond motifs is 1. The molecule has 0 spiro atoms. The maximum absolute atomic E-state index is 12.8. The Morgan fingerprint density at radius 2 is 1.93 bits per heavy atom. The molecular formula is C24H27N3O3. The summed E-state index contributed by atoms with van der Waals surface area (Å²) in [5.74, 6) is 2.94. The number of amides is 1. The molecule has 1 amide bonds. The van der Waals surface area contributed by atoms with Gasteiger partial charge >= 0.3 is 0 Å². The maximum atomic E-state index is 12.8. The standard InChI is InChI=1S/C24H27N3O3/c1-3-29-24-20-13-10-18(23(28)25-15-19-12-9-16(2)30-19)11-14-21(20)26-22(27-24)17-7-5-4-6-8-17/h4-9,12,18H,3,10-11,13-15H2,1-2H3,(H,25,28). The molecule has 1 N–H and O–H groups in total. The number of nitrogens with one attached hydrogen (secondary N) is 1. The lowest BCUT2D eigenvalue weighted by Crippen LogP contribution is -2.30. The van der Waals surface area contributed by atoms with Crippen molar-refractivity contribution >= 4 is 5.91 Å². The molecule has 0 saturated heterocycles. The predicted octanol–water partition coefficient (Wildman–Crippen LogP) is 4.26. The highest BCUT2D eigenvalue weighted by Crippen LogP contribution is 2.31. The topological polar surface area (TPSA) is 77.2 Å². The lowest BCUT2D eigenvalue weighted by atomic mass is 9.99. The van der Waals surface area contributed by atoms with Crippen LogP contribution in [0.3, 0.4) is 0 Å². The van der Waals surface area contributed by atoms with Gasteiger partial charge in [-0.05, 0) is 51.7 Å². The Balaban J connectivity index is 1.50. The highest BCUT2D eigenvalue weighted by Gasteiger charge is 2.26. The largest absolute Gasteiger partial charge is 0.478 e. The fraction of sp³-hybridized carbons (Fsp3) is 0.375. The SMILES string of the molecule is CCOc1nc(-c2ccccc2)nc2c1CCC(C(=O)NCc1ccc(C)o1)CC2. The molecule has 156 valence electrons. The van der Waals surface area contributed by atoms with E-state index in [4.69, 9.17) is 14.1 Å². The number of hydrogen-bond acceptors (Lipinski definition) is 5. The van der Waals surface area contributed by atoms with Crippen molar-refractivity contribution in [3.05, 3.63) is 65.2 Å². The Kier molecular flexibility index (Phi) is 6.12. The smallest absolute Gasteiger partial charge is 0.223 e. The molecule has 2 heterocycles. The predicted molar refractivity (Wildman–Crippen MR) is 114 cm³/mol. The second-order valence-corrected chi connectivity index (χ2v) is 7.58. The minimum Gasteiger partial charge on any atom is -0.478 e. The molecular weight excluding hydrogens is 378 g/mol. The second-order valence-electron chi connectivity index (χ2n) is 7.58. The first-order valence-electron chi connectivity index (χ1n) is 10.5. The van der Waals surface area contributed by atoms with Gasteiger partial charge in [0.2, 0.25) is 11.8 Å². The van der Waals surface area contributed by atoms with Gasteiger partial charge in [-0.25, -0.2) is 4.98 Å². The van der Waals surface area contributed by atoms with Crippen LogP contribution in [-0.2, 0) is 24.2 Å². The fourth-order valence-corrected chi connectivity index (χ4v) is 3.87. The van der Waals surface area contributed by atoms with E-state index in [1.165, 1.54) is 0 Å². The summed E-state index contributed by atoms with van der Waals surface area (Å²) in [6.45, 7) is 4.82. The zero-order valence-electron chi connectivity index (χ0n) is 17.5. The Morgan fingerprint density at radius 3 is 2.67 bits per heavy atom. The lowest BCUT2D eigenvalue weighted by molar-refractivity contribution is -0.125. The molecule has 0 bridgehead atoms. The number of furan rings is 1. The van der Waals surface area contributed by atoms with Gasteiger partial charge in [0.05, 0.1) is 18.8 Å². The third-order valence-electron chi connectivity index (χ3n) is 5.44. The van der Waals surface area contributed by atoms with Gasteiger partial charge in [-0.15, -0.1) is 0 Å². The third-order valence-corrected chi connectivity index (χ3v) is 5.44. The van der Waals surface area contributed by atoms with Gasteiger partial charge in [-0.2, -0.15) is 4.98 Å². The molecule has 4 rings (SSSR count). The number of carbonyl (C=O) groups is 1. The van der Waals surface area contributed by atoms with Crippen molar-refractivity contribution in [1.29, 1.82) is 0 Å². The normalized spacial score (nSPS) is 15.9. The van der Waals surface area contributed by atoms with Gasteiger partial charge in [0.15, 0.2) is 5.82 Å². The summed E-state index contributed by atoms with van der Waals surface area (Å²) in [4.78, 5) is 22.3. The monoisotopic (exact) mass is 405 g/mol. The molecule has 0 radical (unpaired) electrons. The first kappa shape index (κ1) is 20.1. The van der Waals surface area contributed by atoms with E-state index in [1.54, 1.807) is 0 Å². The van der Waals surface area contributed by atoms with Crippen LogP contribution in [0.5, 0.6) is 5.88 Å². The van der Waals surface area contributed by atoms with Crippen LogP contribution in [-0.4, -0.2) is 22.5 Å². The number of aryl methyl sites for hydroxylation is 2. The van der Waals surface area contributed by atoms with Crippen molar-refractivity contribution < 1.29 is 13.9 Å². The van der Waals surface area contributed by atoms with Gasteiger partial charge in [0, 0.05) is 17.0 Å². The van der Waals surface area contributed by atoms with Crippen LogP contribution in [0.4, 0.5) is 0 Å². The van der Waals surface area contributed by atoms with Crippen LogP contribution >= 0.6 is 0 Å². The number of carbonyl (C=O) groups excluding carboxylic acids is 1. The zero-order valence-corrected chi connectivity index (χ0v) is 17.5. The molecule has 1 unspecified atom stereocenters. The van der Waals surface area contributed by atoms with E-state index in [0.717, 1.165) is 54.0 Å². The van der Waals surface area contributed by atoms with Crippen molar-refractivity contribution in [2.24, 2.45) is 5.92 Å². The summed E-state index contributed by atoms with van der Waals surface area (Å²) in [6.07, 6.45) is 2.98. The van der Waals surface area contributed by atoms with E-state index >= 15 is 0 Å². The van der Waals surface area contributed by atoms with Crippen LogP contribution in [0.2, 0.25) is 0 Å². The minimum absolute atomic E-state index is 0.0612. The summed E-state index contributed by atoms with van der Waals surface area (Å²) < 4.78 is 11.4. The molecule has 0 aliphatic heterocycles. The highest BCUT2D eigenvalue weighted by atomic mass is 16.5. The van der Waals surface area contributed by atoms with E-state index < -0.39 is 0 Å². The van der Waals surface area contributed by atoms with E-state index in [0.29, 0.717) is 24.9 Å². The molecule has 30 heavy (non-hydrogen) atoms. The summed E-state index contributed by atoms with van der Waals surface area (Å²) in [5.41, 5.74) is 2.99. The minimum atomic E-state index is -0.0649. The zero-order chi connectivity index (χ0) is 20.9. The number of ether oxygens (including phenoxy) is 1. The highest BCUT2D eigenvalue weighted by molar-refractivity contribution is 5.78. The van der Waals surface area contributed by atoms with Crippen LogP contribution in [0.15, 0.2) is 46.9 Å². The van der Waals surface area contributed by atoms with Gasteiger partial charge in [0.25, 0.3) is 0 Å². The quantitative estimate of drug-likeness (QED) is 0.620. The van der Waals surface area contributed by atoms with Crippen molar-refractivity contribution in [1.82, 2.24) is 15.3 Å². The molecule has 1 aliphatic rings. The summed E-state index contributed by atoms with van der Waals surface area (Å²) in [7, 11) is 0.